The fourth-order valence-corrected chi connectivity index (χ4v) is 1.12. The van der Waals surface area contributed by atoms with E-state index in [2.05, 4.69) is 4.84 Å². The zero-order chi connectivity index (χ0) is 12.9. The lowest BCUT2D eigenvalue weighted by Crippen LogP contribution is -2.41. The van der Waals surface area contributed by atoms with Crippen LogP contribution in [0.4, 0.5) is 0 Å². The van der Waals surface area contributed by atoms with Crippen molar-refractivity contribution in [2.24, 2.45) is 0 Å². The van der Waals surface area contributed by atoms with Gasteiger partial charge >= 0.3 is 5.97 Å². The van der Waals surface area contributed by atoms with Crippen molar-refractivity contribution < 1.29 is 14.7 Å². The summed E-state index contributed by atoms with van der Waals surface area (Å²) in [7, 11) is 0. The molecule has 0 aliphatic rings. The Morgan fingerprint density at radius 3 is 2.47 bits per heavy atom. The molecule has 0 aliphatic heterocycles. The van der Waals surface area contributed by atoms with Crippen molar-refractivity contribution >= 4 is 40.8 Å². The monoisotopic (exact) mass is 297 g/mol. The Balaban J connectivity index is 2.36. The standard InChI is InChI=1S/C10H10Cl3NO3/c11-10(12,13)9(16)14-17-8(15)6-7-4-2-1-3-5-7/h1-5,9,14,16H,6H2. The van der Waals surface area contributed by atoms with Crippen molar-refractivity contribution in [3.63, 3.8) is 0 Å². The molecule has 1 rings (SSSR count). The maximum Gasteiger partial charge on any atom is 0.329 e. The molecule has 0 spiro atoms. The number of carbonyl (C=O) groups excluding carboxylic acids is 1. The predicted octanol–water partition coefficient (Wildman–Crippen LogP) is 1.97. The first-order valence-corrected chi connectivity index (χ1v) is 5.77. The number of carbonyl (C=O) groups is 1. The zero-order valence-electron chi connectivity index (χ0n) is 8.57. The van der Waals surface area contributed by atoms with Gasteiger partial charge in [-0.2, -0.15) is 0 Å². The highest BCUT2D eigenvalue weighted by molar-refractivity contribution is 6.68. The molecule has 7 heteroatoms. The molecular weight excluding hydrogens is 288 g/mol. The van der Waals surface area contributed by atoms with Crippen molar-refractivity contribution in [2.75, 3.05) is 0 Å². The molecular formula is C10H10Cl3NO3. The van der Waals surface area contributed by atoms with Crippen LogP contribution in [0.5, 0.6) is 0 Å². The van der Waals surface area contributed by atoms with Crippen molar-refractivity contribution in [3.05, 3.63) is 35.9 Å². The molecule has 1 aromatic rings. The summed E-state index contributed by atoms with van der Waals surface area (Å²) in [5, 5.41) is 9.22. The third-order valence-corrected chi connectivity index (χ3v) is 2.41. The topological polar surface area (TPSA) is 58.6 Å². The number of benzene rings is 1. The van der Waals surface area contributed by atoms with Crippen molar-refractivity contribution in [1.29, 1.82) is 0 Å². The molecule has 1 atom stereocenters. The van der Waals surface area contributed by atoms with Crippen molar-refractivity contribution in [2.45, 2.75) is 16.4 Å². The summed E-state index contributed by atoms with van der Waals surface area (Å²) in [6.45, 7) is 0. The lowest BCUT2D eigenvalue weighted by atomic mass is 10.2. The van der Waals surface area contributed by atoms with E-state index in [9.17, 15) is 9.90 Å². The normalized spacial score (nSPS) is 13.2. The van der Waals surface area contributed by atoms with Gasteiger partial charge in [-0.1, -0.05) is 65.1 Å². The Labute approximate surface area is 113 Å². The van der Waals surface area contributed by atoms with Crippen LogP contribution in [0.1, 0.15) is 5.56 Å². The lowest BCUT2D eigenvalue weighted by Gasteiger charge is -2.19. The van der Waals surface area contributed by atoms with Gasteiger partial charge < -0.3 is 9.94 Å². The van der Waals surface area contributed by atoms with E-state index in [0.29, 0.717) is 0 Å². The number of aliphatic hydroxyl groups excluding tert-OH is 1. The molecule has 0 bridgehead atoms. The maximum absolute atomic E-state index is 11.3. The summed E-state index contributed by atoms with van der Waals surface area (Å²) in [5.41, 5.74) is 2.73. The number of rotatable bonds is 4. The average molecular weight is 299 g/mol. The van der Waals surface area contributed by atoms with Crippen molar-refractivity contribution in [1.82, 2.24) is 5.48 Å². The van der Waals surface area contributed by atoms with Crippen molar-refractivity contribution in [3.8, 4) is 0 Å². The summed E-state index contributed by atoms with van der Waals surface area (Å²) in [4.78, 5) is 15.9. The molecule has 0 saturated heterocycles. The van der Waals surface area contributed by atoms with Crippen LogP contribution < -0.4 is 5.48 Å². The second-order valence-corrected chi connectivity index (χ2v) is 5.57. The Morgan fingerprint density at radius 2 is 1.94 bits per heavy atom. The van der Waals surface area contributed by atoms with Gasteiger partial charge in [0.1, 0.15) is 0 Å². The summed E-state index contributed by atoms with van der Waals surface area (Å²) in [6.07, 6.45) is -1.53. The van der Waals surface area contributed by atoms with Gasteiger partial charge in [-0.3, -0.25) is 4.79 Å². The fraction of sp³-hybridized carbons (Fsp3) is 0.300. The van der Waals surface area contributed by atoms with Gasteiger partial charge in [-0.05, 0) is 5.56 Å². The molecule has 0 heterocycles. The number of halogens is 3. The summed E-state index contributed by atoms with van der Waals surface area (Å²) in [6, 6.07) is 8.97. The Hall–Kier alpha value is -0.520. The van der Waals surface area contributed by atoms with Crippen LogP contribution in [0.2, 0.25) is 0 Å². The summed E-state index contributed by atoms with van der Waals surface area (Å²) >= 11 is 16.1. The Bertz CT molecular complexity index is 367. The highest BCUT2D eigenvalue weighted by Gasteiger charge is 2.31. The van der Waals surface area contributed by atoms with Gasteiger partial charge in [-0.15, -0.1) is 5.48 Å². The molecule has 0 aromatic heterocycles. The van der Waals surface area contributed by atoms with Gasteiger partial charge in [0.15, 0.2) is 6.23 Å². The molecule has 0 aliphatic carbocycles. The van der Waals surface area contributed by atoms with Gasteiger partial charge in [0.2, 0.25) is 3.79 Å². The minimum atomic E-state index is -1.97. The van der Waals surface area contributed by atoms with Gasteiger partial charge in [0.05, 0.1) is 6.42 Å². The zero-order valence-corrected chi connectivity index (χ0v) is 10.8. The van der Waals surface area contributed by atoms with E-state index in [4.69, 9.17) is 34.8 Å². The first-order valence-electron chi connectivity index (χ1n) is 4.63. The van der Waals surface area contributed by atoms with Gasteiger partial charge in [-0.25, -0.2) is 0 Å². The summed E-state index contributed by atoms with van der Waals surface area (Å²) < 4.78 is -1.97. The van der Waals surface area contributed by atoms with E-state index < -0.39 is 16.0 Å². The largest absolute Gasteiger partial charge is 0.372 e. The quantitative estimate of drug-likeness (QED) is 0.507. The minimum Gasteiger partial charge on any atom is -0.372 e. The van der Waals surface area contributed by atoms with Crippen LogP contribution in [0.3, 0.4) is 0 Å². The first kappa shape index (κ1) is 14.5. The Kier molecular flexibility index (Phi) is 5.49. The Morgan fingerprint density at radius 1 is 1.35 bits per heavy atom. The van der Waals surface area contributed by atoms with Crippen LogP contribution >= 0.6 is 34.8 Å². The van der Waals surface area contributed by atoms with E-state index in [1.165, 1.54) is 0 Å². The molecule has 4 nitrogen and oxygen atoms in total. The predicted molar refractivity (Wildman–Crippen MR) is 65.7 cm³/mol. The number of alkyl halides is 3. The molecule has 17 heavy (non-hydrogen) atoms. The number of hydroxylamine groups is 1. The van der Waals surface area contributed by atoms with E-state index in [0.717, 1.165) is 5.56 Å². The summed E-state index contributed by atoms with van der Waals surface area (Å²) in [5.74, 6) is -0.593. The average Bonchev–Trinajstić information content (AvgIpc) is 2.26. The van der Waals surface area contributed by atoms with Crippen LogP contribution in [-0.4, -0.2) is 21.1 Å². The highest BCUT2D eigenvalue weighted by Crippen LogP contribution is 2.28. The van der Waals surface area contributed by atoms with Gasteiger partial charge in [0, 0.05) is 0 Å². The molecule has 1 aromatic carbocycles. The molecule has 94 valence electrons. The van der Waals surface area contributed by atoms with E-state index in [1.807, 2.05) is 11.5 Å². The SMILES string of the molecule is O=C(Cc1ccccc1)ONC(O)C(Cl)(Cl)Cl. The van der Waals surface area contributed by atoms with Crippen LogP contribution in [0.15, 0.2) is 30.3 Å². The molecule has 0 saturated carbocycles. The molecule has 2 N–H and O–H groups in total. The van der Waals surface area contributed by atoms with Crippen LogP contribution in [0.25, 0.3) is 0 Å². The molecule has 0 amide bonds. The van der Waals surface area contributed by atoms with Crippen LogP contribution in [-0.2, 0) is 16.1 Å². The van der Waals surface area contributed by atoms with Crippen LogP contribution in [0, 0.1) is 0 Å². The highest BCUT2D eigenvalue weighted by atomic mass is 35.6. The molecule has 1 unspecified atom stereocenters. The third kappa shape index (κ3) is 5.57. The molecule has 0 fully saturated rings. The molecule has 0 radical (unpaired) electrons. The second-order valence-electron chi connectivity index (χ2n) is 3.20. The van der Waals surface area contributed by atoms with E-state index in [-0.39, 0.29) is 6.42 Å². The maximum atomic E-state index is 11.3. The third-order valence-electron chi connectivity index (χ3n) is 1.79. The minimum absolute atomic E-state index is 0.0560. The van der Waals surface area contributed by atoms with Gasteiger partial charge in [0.25, 0.3) is 0 Å². The van der Waals surface area contributed by atoms with E-state index in [1.54, 1.807) is 24.3 Å². The fourth-order valence-electron chi connectivity index (χ4n) is 0.987. The second kappa shape index (κ2) is 6.42. The number of nitrogens with one attached hydrogen (secondary N) is 1. The number of aliphatic hydroxyl groups is 1. The van der Waals surface area contributed by atoms with E-state index >= 15 is 0 Å². The number of hydrogen-bond donors (Lipinski definition) is 2. The lowest BCUT2D eigenvalue weighted by molar-refractivity contribution is -0.158. The smallest absolute Gasteiger partial charge is 0.329 e. The first-order chi connectivity index (χ1) is 7.89. The number of hydrogen-bond acceptors (Lipinski definition) is 4.